The van der Waals surface area contributed by atoms with Gasteiger partial charge in [-0.1, -0.05) is 0 Å². The molecule has 1 aliphatic carbocycles. The molecular formula is C7H7F3. The first-order valence-electron chi connectivity index (χ1n) is 3.02. The Kier molecular flexibility index (Phi) is 1.83. The second kappa shape index (κ2) is 2.48. The highest BCUT2D eigenvalue weighted by atomic mass is 19.2. The van der Waals surface area contributed by atoms with Crippen LogP contribution in [-0.4, -0.2) is 0 Å². The lowest BCUT2D eigenvalue weighted by Gasteiger charge is -2.08. The molecule has 0 nitrogen and oxygen atoms in total. The third-order valence-corrected chi connectivity index (χ3v) is 1.54. The van der Waals surface area contributed by atoms with E-state index in [0.29, 0.717) is 0 Å². The summed E-state index contributed by atoms with van der Waals surface area (Å²) in [5.74, 6) is -2.40. The first-order valence-corrected chi connectivity index (χ1v) is 3.02. The predicted molar refractivity (Wildman–Crippen MR) is 32.3 cm³/mol. The third-order valence-electron chi connectivity index (χ3n) is 1.54. The van der Waals surface area contributed by atoms with Gasteiger partial charge in [-0.25, -0.2) is 13.2 Å². The highest BCUT2D eigenvalue weighted by Gasteiger charge is 2.18. The van der Waals surface area contributed by atoms with E-state index >= 15 is 0 Å². The molecule has 0 heterocycles. The van der Waals surface area contributed by atoms with Gasteiger partial charge in [0.15, 0.2) is 5.83 Å². The molecule has 0 aliphatic heterocycles. The lowest BCUT2D eigenvalue weighted by molar-refractivity contribution is 0.463. The molecular weight excluding hydrogens is 141 g/mol. The van der Waals surface area contributed by atoms with Gasteiger partial charge in [0, 0.05) is 18.4 Å². The Morgan fingerprint density at radius 2 is 1.50 bits per heavy atom. The van der Waals surface area contributed by atoms with E-state index in [1.54, 1.807) is 0 Å². The Hall–Kier alpha value is -0.730. The molecule has 0 fully saturated rings. The molecule has 0 unspecified atom stereocenters. The van der Waals surface area contributed by atoms with Gasteiger partial charge in [0.05, 0.1) is 0 Å². The first kappa shape index (κ1) is 7.38. The molecule has 0 aromatic carbocycles. The number of halogens is 3. The average Bonchev–Trinajstić information content (AvgIpc) is 1.93. The van der Waals surface area contributed by atoms with Crippen molar-refractivity contribution in [2.45, 2.75) is 19.8 Å². The second-order valence-electron chi connectivity index (χ2n) is 2.25. The van der Waals surface area contributed by atoms with Crippen LogP contribution in [0.25, 0.3) is 0 Å². The number of rotatable bonds is 0. The lowest BCUT2D eigenvalue weighted by atomic mass is 10.1. The van der Waals surface area contributed by atoms with Crippen LogP contribution in [0.4, 0.5) is 13.2 Å². The average molecular weight is 148 g/mol. The largest absolute Gasteiger partial charge is 0.211 e. The Labute approximate surface area is 57.0 Å². The smallest absolute Gasteiger partial charge is 0.160 e. The summed E-state index contributed by atoms with van der Waals surface area (Å²) < 4.78 is 37.2. The van der Waals surface area contributed by atoms with Crippen LogP contribution in [0.15, 0.2) is 23.1 Å². The summed E-state index contributed by atoms with van der Waals surface area (Å²) in [6.07, 6.45) is -0.153. The normalized spacial score (nSPS) is 20.4. The number of hydrogen-bond acceptors (Lipinski definition) is 0. The van der Waals surface area contributed by atoms with Crippen molar-refractivity contribution in [3.63, 3.8) is 0 Å². The molecule has 0 spiro atoms. The first-order chi connectivity index (χ1) is 4.63. The van der Waals surface area contributed by atoms with Gasteiger partial charge < -0.3 is 0 Å². The van der Waals surface area contributed by atoms with E-state index in [1.807, 2.05) is 0 Å². The van der Waals surface area contributed by atoms with Crippen LogP contribution < -0.4 is 0 Å². The standard InChI is InChI=1S/C7H7F3/c1-4-5(8)2-3-6(9)7(4)10/h2-3H2,1H3. The summed E-state index contributed by atoms with van der Waals surface area (Å²) in [6, 6.07) is 0. The summed E-state index contributed by atoms with van der Waals surface area (Å²) in [5.41, 5.74) is -0.191. The molecule has 3 heteroatoms. The Morgan fingerprint density at radius 1 is 1.00 bits per heavy atom. The fraction of sp³-hybridized carbons (Fsp3) is 0.429. The van der Waals surface area contributed by atoms with Gasteiger partial charge in [0.1, 0.15) is 11.7 Å². The van der Waals surface area contributed by atoms with Crippen molar-refractivity contribution < 1.29 is 13.2 Å². The van der Waals surface area contributed by atoms with Crippen molar-refractivity contribution >= 4 is 0 Å². The van der Waals surface area contributed by atoms with Gasteiger partial charge in [-0.15, -0.1) is 0 Å². The SMILES string of the molecule is CC1=C(F)CCC(F)=C1F. The maximum absolute atomic E-state index is 12.4. The minimum atomic E-state index is -1.02. The monoisotopic (exact) mass is 148 g/mol. The van der Waals surface area contributed by atoms with Gasteiger partial charge in [0.2, 0.25) is 0 Å². The lowest BCUT2D eigenvalue weighted by Crippen LogP contribution is -1.95. The Morgan fingerprint density at radius 3 is 2.00 bits per heavy atom. The van der Waals surface area contributed by atoms with Gasteiger partial charge in [-0.2, -0.15) is 0 Å². The molecule has 56 valence electrons. The molecule has 0 N–H and O–H groups in total. The zero-order valence-electron chi connectivity index (χ0n) is 5.55. The van der Waals surface area contributed by atoms with Crippen molar-refractivity contribution in [2.24, 2.45) is 0 Å². The van der Waals surface area contributed by atoms with Gasteiger partial charge in [-0.05, 0) is 6.92 Å². The summed E-state index contributed by atoms with van der Waals surface area (Å²) in [7, 11) is 0. The summed E-state index contributed by atoms with van der Waals surface area (Å²) in [4.78, 5) is 0. The molecule has 0 saturated carbocycles. The molecule has 0 saturated heterocycles. The Balaban J connectivity index is 3.01. The van der Waals surface area contributed by atoms with Crippen LogP contribution in [0.3, 0.4) is 0 Å². The second-order valence-corrected chi connectivity index (χ2v) is 2.25. The van der Waals surface area contributed by atoms with E-state index in [9.17, 15) is 13.2 Å². The fourth-order valence-corrected chi connectivity index (χ4v) is 0.839. The zero-order valence-corrected chi connectivity index (χ0v) is 5.55. The highest BCUT2D eigenvalue weighted by molar-refractivity contribution is 5.31. The quantitative estimate of drug-likeness (QED) is 0.495. The molecule has 0 radical (unpaired) electrons. The zero-order chi connectivity index (χ0) is 7.72. The molecule has 0 aromatic rings. The Bertz CT molecular complexity index is 189. The summed E-state index contributed by atoms with van der Waals surface area (Å²) >= 11 is 0. The summed E-state index contributed by atoms with van der Waals surface area (Å²) in [6.45, 7) is 1.24. The fourth-order valence-electron chi connectivity index (χ4n) is 0.839. The van der Waals surface area contributed by atoms with E-state index < -0.39 is 17.5 Å². The van der Waals surface area contributed by atoms with Crippen LogP contribution >= 0.6 is 0 Å². The third kappa shape index (κ3) is 1.08. The van der Waals surface area contributed by atoms with E-state index in [1.165, 1.54) is 6.92 Å². The van der Waals surface area contributed by atoms with E-state index in [2.05, 4.69) is 0 Å². The van der Waals surface area contributed by atoms with Crippen molar-refractivity contribution in [3.05, 3.63) is 23.1 Å². The van der Waals surface area contributed by atoms with E-state index in [0.717, 1.165) is 0 Å². The molecule has 0 atom stereocenters. The van der Waals surface area contributed by atoms with Crippen molar-refractivity contribution in [1.29, 1.82) is 0 Å². The summed E-state index contributed by atoms with van der Waals surface area (Å²) in [5, 5.41) is 0. The van der Waals surface area contributed by atoms with Crippen LogP contribution in [0.2, 0.25) is 0 Å². The predicted octanol–water partition coefficient (Wildman–Crippen LogP) is 3.17. The molecule has 1 aliphatic rings. The number of hydrogen-bond donors (Lipinski definition) is 0. The van der Waals surface area contributed by atoms with Gasteiger partial charge in [0.25, 0.3) is 0 Å². The topological polar surface area (TPSA) is 0 Å². The molecule has 0 amide bonds. The van der Waals surface area contributed by atoms with Crippen LogP contribution in [0, 0.1) is 0 Å². The molecule has 1 rings (SSSR count). The maximum atomic E-state index is 12.4. The molecule has 10 heavy (non-hydrogen) atoms. The van der Waals surface area contributed by atoms with E-state index in [4.69, 9.17) is 0 Å². The minimum Gasteiger partial charge on any atom is -0.211 e. The van der Waals surface area contributed by atoms with Crippen LogP contribution in [0.1, 0.15) is 19.8 Å². The van der Waals surface area contributed by atoms with Gasteiger partial charge in [-0.3, -0.25) is 0 Å². The van der Waals surface area contributed by atoms with Crippen molar-refractivity contribution in [1.82, 2.24) is 0 Å². The van der Waals surface area contributed by atoms with Crippen LogP contribution in [-0.2, 0) is 0 Å². The van der Waals surface area contributed by atoms with Gasteiger partial charge >= 0.3 is 0 Å². The molecule has 0 aromatic heterocycles. The molecule has 0 bridgehead atoms. The highest BCUT2D eigenvalue weighted by Crippen LogP contribution is 2.31. The maximum Gasteiger partial charge on any atom is 0.160 e. The number of allylic oxidation sites excluding steroid dienone is 4. The van der Waals surface area contributed by atoms with Crippen molar-refractivity contribution in [3.8, 4) is 0 Å². The van der Waals surface area contributed by atoms with E-state index in [-0.39, 0.29) is 18.4 Å². The van der Waals surface area contributed by atoms with Crippen molar-refractivity contribution in [2.75, 3.05) is 0 Å². The minimum absolute atomic E-state index is 0.00884. The van der Waals surface area contributed by atoms with Crippen LogP contribution in [0.5, 0.6) is 0 Å².